The minimum atomic E-state index is -4.34. The van der Waals surface area contributed by atoms with Crippen LogP contribution in [0.15, 0.2) is 23.1 Å². The zero-order chi connectivity index (χ0) is 19.9. The molecule has 0 saturated carbocycles. The van der Waals surface area contributed by atoms with Gasteiger partial charge in [0, 0.05) is 11.3 Å². The van der Waals surface area contributed by atoms with Gasteiger partial charge < -0.3 is 4.74 Å². The van der Waals surface area contributed by atoms with Gasteiger partial charge in [-0.15, -0.1) is 0 Å². The zero-order valence-electron chi connectivity index (χ0n) is 15.7. The maximum absolute atomic E-state index is 11.6. The Bertz CT molecular complexity index is 903. The predicted molar refractivity (Wildman–Crippen MR) is 123 cm³/mol. The summed E-state index contributed by atoms with van der Waals surface area (Å²) in [5, 5.41) is 0. The van der Waals surface area contributed by atoms with Crippen LogP contribution in [-0.2, 0) is 23.0 Å². The van der Waals surface area contributed by atoms with E-state index >= 15 is 0 Å². The van der Waals surface area contributed by atoms with Gasteiger partial charge in [-0.05, 0) is 36.1 Å². The summed E-state index contributed by atoms with van der Waals surface area (Å²) in [6.07, 6.45) is 9.08. The van der Waals surface area contributed by atoms with Crippen molar-refractivity contribution in [1.82, 2.24) is 0 Å². The van der Waals surface area contributed by atoms with Gasteiger partial charge in [0.05, 0.1) is 7.11 Å². The van der Waals surface area contributed by atoms with Gasteiger partial charge in [0.1, 0.15) is 14.5 Å². The summed E-state index contributed by atoms with van der Waals surface area (Å²) >= 11 is 5.50. The first-order valence-electron chi connectivity index (χ1n) is 9.12. The number of ether oxygens (including phenoxy) is 1. The predicted octanol–water partition coefficient (Wildman–Crippen LogP) is 5.64. The number of hydrogen-bond acceptors (Lipinski definition) is 6. The second kappa shape index (κ2) is 12.8. The third-order valence-electron chi connectivity index (χ3n) is 4.45. The Labute approximate surface area is 202 Å². The van der Waals surface area contributed by atoms with Gasteiger partial charge in [-0.1, -0.05) is 78.0 Å². The molecule has 0 amide bonds. The number of benzene rings is 1. The van der Waals surface area contributed by atoms with Crippen molar-refractivity contribution in [3.8, 4) is 5.75 Å². The second-order valence-corrected chi connectivity index (χ2v) is 10.8. The fourth-order valence-electron chi connectivity index (χ4n) is 2.97. The van der Waals surface area contributed by atoms with Gasteiger partial charge in [-0.2, -0.15) is 8.42 Å². The molecule has 0 unspecified atom stereocenters. The van der Waals surface area contributed by atoms with Crippen molar-refractivity contribution in [2.45, 2.75) is 63.2 Å². The molecule has 4 nitrogen and oxygen atoms in total. The summed E-state index contributed by atoms with van der Waals surface area (Å²) in [5.41, 5.74) is 1.91. The van der Waals surface area contributed by atoms with Gasteiger partial charge in [0.15, 0.2) is 0 Å². The van der Waals surface area contributed by atoms with E-state index in [4.69, 9.17) is 17.0 Å². The van der Waals surface area contributed by atoms with Crippen LogP contribution < -0.4 is 4.74 Å². The molecule has 152 valence electrons. The molecule has 0 aliphatic rings. The summed E-state index contributed by atoms with van der Waals surface area (Å²) < 4.78 is 38.6. The summed E-state index contributed by atoms with van der Waals surface area (Å²) in [7, 11) is 0.371. The Hall–Kier alpha value is 0.200. The van der Waals surface area contributed by atoms with E-state index in [2.05, 4.69) is 6.92 Å². The molecule has 1 N–H and O–H groups in total. The maximum atomic E-state index is 11.6. The Morgan fingerprint density at radius 3 is 2.43 bits per heavy atom. The zero-order valence-corrected chi connectivity index (χ0v) is 19.0. The van der Waals surface area contributed by atoms with Crippen molar-refractivity contribution in [1.29, 1.82) is 0 Å². The number of unbranched alkanes of at least 4 members (excludes halogenated alkanes) is 5. The van der Waals surface area contributed by atoms with E-state index in [1.165, 1.54) is 50.2 Å². The van der Waals surface area contributed by atoms with E-state index in [0.29, 0.717) is 6.42 Å². The van der Waals surface area contributed by atoms with Gasteiger partial charge >= 0.3 is 29.6 Å². The van der Waals surface area contributed by atoms with Crippen LogP contribution in [0.25, 0.3) is 0 Å². The molecule has 2 rings (SSSR count). The fourth-order valence-corrected chi connectivity index (χ4v) is 6.66. The number of methoxy groups -OCH3 is 1. The van der Waals surface area contributed by atoms with Gasteiger partial charge in [0.25, 0.3) is 10.1 Å². The molecule has 0 saturated heterocycles. The topological polar surface area (TPSA) is 63.6 Å². The van der Waals surface area contributed by atoms with E-state index in [9.17, 15) is 13.0 Å². The Balaban J connectivity index is 0.00000392. The van der Waals surface area contributed by atoms with E-state index in [0.717, 1.165) is 27.8 Å². The van der Waals surface area contributed by atoms with Crippen molar-refractivity contribution in [2.24, 2.45) is 0 Å². The van der Waals surface area contributed by atoms with Crippen LogP contribution in [-0.4, -0.2) is 49.6 Å². The average molecular weight is 471 g/mol. The second-order valence-electron chi connectivity index (χ2n) is 6.51. The number of hydrogen-bond donors (Lipinski definition) is 1. The standard InChI is InChI=1S/C19H26O4S4.Na.H/c1-3-4-5-6-7-8-9-17-15(19(24)26-25-17)12-14-10-11-16(23-2)18(13-14)27(20,21)22;;/h10-11,13H,3-9,12H2,1-2H3,(H,20,21,22);;. The van der Waals surface area contributed by atoms with Crippen LogP contribution in [0.4, 0.5) is 0 Å². The Morgan fingerprint density at radius 2 is 1.79 bits per heavy atom. The Kier molecular flexibility index (Phi) is 12.0. The molecule has 1 heterocycles. The first kappa shape index (κ1) is 26.2. The molecule has 1 aromatic heterocycles. The normalized spacial score (nSPS) is 11.2. The molecular weight excluding hydrogens is 443 g/mol. The first-order valence-corrected chi connectivity index (χ1v) is 13.1. The van der Waals surface area contributed by atoms with Crippen LogP contribution in [0, 0.1) is 3.82 Å². The van der Waals surface area contributed by atoms with Crippen molar-refractivity contribution >= 4 is 72.6 Å². The molecule has 0 aliphatic heterocycles. The molecule has 9 heteroatoms. The van der Waals surface area contributed by atoms with Crippen LogP contribution in [0.3, 0.4) is 0 Å². The van der Waals surface area contributed by atoms with Gasteiger partial charge in [-0.25, -0.2) is 0 Å². The molecule has 0 bridgehead atoms. The quantitative estimate of drug-likeness (QED) is 0.151. The fraction of sp³-hybridized carbons (Fsp3) is 0.526. The van der Waals surface area contributed by atoms with Crippen LogP contribution in [0.2, 0.25) is 0 Å². The molecule has 0 radical (unpaired) electrons. The SMILES string of the molecule is CCCCCCCCc1ssc(=S)c1Cc1ccc(OC)c(S(=O)(=O)O)c1.[NaH]. The van der Waals surface area contributed by atoms with E-state index in [1.54, 1.807) is 26.7 Å². The average Bonchev–Trinajstić information content (AvgIpc) is 2.97. The van der Waals surface area contributed by atoms with Gasteiger partial charge in [0.2, 0.25) is 0 Å². The third-order valence-corrected chi connectivity index (χ3v) is 8.62. The minimum absolute atomic E-state index is 0. The van der Waals surface area contributed by atoms with Crippen LogP contribution >= 0.6 is 32.9 Å². The summed E-state index contributed by atoms with van der Waals surface area (Å²) in [5.74, 6) is 0.139. The molecule has 2 aromatic rings. The summed E-state index contributed by atoms with van der Waals surface area (Å²) in [6, 6.07) is 4.86. The number of rotatable bonds is 11. The molecule has 0 aliphatic carbocycles. The third kappa shape index (κ3) is 7.80. The van der Waals surface area contributed by atoms with E-state index < -0.39 is 10.1 Å². The first-order chi connectivity index (χ1) is 12.9. The molecule has 0 spiro atoms. The monoisotopic (exact) mass is 470 g/mol. The summed E-state index contributed by atoms with van der Waals surface area (Å²) in [6.45, 7) is 2.22. The Morgan fingerprint density at radius 1 is 1.11 bits per heavy atom. The van der Waals surface area contributed by atoms with Crippen molar-refractivity contribution in [3.05, 3.63) is 38.0 Å². The van der Waals surface area contributed by atoms with Crippen molar-refractivity contribution in [2.75, 3.05) is 7.11 Å². The molecular formula is C19H27NaO4S4. The molecule has 0 fully saturated rings. The molecule has 28 heavy (non-hydrogen) atoms. The van der Waals surface area contributed by atoms with Crippen molar-refractivity contribution in [3.63, 3.8) is 0 Å². The van der Waals surface area contributed by atoms with Crippen LogP contribution in [0.5, 0.6) is 5.75 Å². The van der Waals surface area contributed by atoms with E-state index in [1.807, 2.05) is 6.07 Å². The summed E-state index contributed by atoms with van der Waals surface area (Å²) in [4.78, 5) is 1.09. The van der Waals surface area contributed by atoms with E-state index in [-0.39, 0.29) is 40.2 Å². The van der Waals surface area contributed by atoms with Gasteiger partial charge in [-0.3, -0.25) is 4.55 Å². The van der Waals surface area contributed by atoms with Crippen molar-refractivity contribution < 1.29 is 17.7 Å². The molecule has 1 aromatic carbocycles. The number of aryl methyl sites for hydroxylation is 1. The molecule has 0 atom stereocenters. The van der Waals surface area contributed by atoms with Crippen LogP contribution in [0.1, 0.15) is 61.5 Å².